The van der Waals surface area contributed by atoms with E-state index in [-0.39, 0.29) is 0 Å². The molecule has 88 valence electrons. The van der Waals surface area contributed by atoms with Crippen molar-refractivity contribution in [2.45, 2.75) is 20.0 Å². The molecule has 0 aliphatic rings. The number of hydrogen-bond donors (Lipinski definition) is 1. The lowest BCUT2D eigenvalue weighted by Crippen LogP contribution is -2.00. The molecule has 2 aromatic carbocycles. The Hall–Kier alpha value is -1.12. The van der Waals surface area contributed by atoms with Gasteiger partial charge in [-0.2, -0.15) is 0 Å². The predicted octanol–water partition coefficient (Wildman–Crippen LogP) is 4.15. The Morgan fingerprint density at radius 2 is 1.59 bits per heavy atom. The summed E-state index contributed by atoms with van der Waals surface area (Å²) in [5.74, 6) is 0. The first-order valence-electron chi connectivity index (χ1n) is 5.58. The maximum absolute atomic E-state index is 10.3. The molecule has 0 heterocycles. The van der Waals surface area contributed by atoms with Gasteiger partial charge in [0.15, 0.2) is 0 Å². The zero-order chi connectivity index (χ0) is 12.4. The topological polar surface area (TPSA) is 20.2 Å². The molecule has 0 bridgehead atoms. The maximum Gasteiger partial charge on any atom is 0.104 e. The number of hydrogen-bond acceptors (Lipinski definition) is 1. The lowest BCUT2D eigenvalue weighted by molar-refractivity contribution is 0.220. The second-order valence-corrected chi connectivity index (χ2v) is 5.29. The molecule has 2 rings (SSSR count). The molecule has 0 aliphatic heterocycles. The monoisotopic (exact) mass is 290 g/mol. The van der Waals surface area contributed by atoms with Crippen molar-refractivity contribution in [3.05, 3.63) is 69.2 Å². The summed E-state index contributed by atoms with van der Waals surface area (Å²) in [6.07, 6.45) is -0.564. The first-order chi connectivity index (χ1) is 8.06. The fraction of sp³-hybridized carbons (Fsp3) is 0.200. The molecule has 1 atom stereocenters. The first-order valence-corrected chi connectivity index (χ1v) is 6.37. The third kappa shape index (κ3) is 2.96. The number of halogens is 1. The van der Waals surface area contributed by atoms with E-state index in [0.29, 0.717) is 0 Å². The van der Waals surface area contributed by atoms with Crippen LogP contribution in [0.2, 0.25) is 0 Å². The Labute approximate surface area is 110 Å². The van der Waals surface area contributed by atoms with Gasteiger partial charge in [0, 0.05) is 4.47 Å². The van der Waals surface area contributed by atoms with E-state index in [4.69, 9.17) is 0 Å². The van der Waals surface area contributed by atoms with Crippen LogP contribution < -0.4 is 0 Å². The summed E-state index contributed by atoms with van der Waals surface area (Å²) in [7, 11) is 0. The van der Waals surface area contributed by atoms with Crippen LogP contribution in [0.5, 0.6) is 0 Å². The summed E-state index contributed by atoms with van der Waals surface area (Å²) in [5.41, 5.74) is 4.20. The fourth-order valence-corrected chi connectivity index (χ4v) is 2.45. The van der Waals surface area contributed by atoms with Crippen LogP contribution in [-0.4, -0.2) is 5.11 Å². The molecule has 0 aliphatic carbocycles. The van der Waals surface area contributed by atoms with Gasteiger partial charge in [-0.3, -0.25) is 0 Å². The standard InChI is InChI=1S/C15H15BrO/c1-10-6-11(2)8-13(7-10)15(17)12-4-3-5-14(16)9-12/h3-9,15,17H,1-2H3. The SMILES string of the molecule is Cc1cc(C)cc(C(O)c2cccc(Br)c2)c1. The lowest BCUT2D eigenvalue weighted by atomic mass is 9.98. The molecular weight excluding hydrogens is 276 g/mol. The second-order valence-electron chi connectivity index (χ2n) is 4.38. The number of benzene rings is 2. The van der Waals surface area contributed by atoms with E-state index >= 15 is 0 Å². The van der Waals surface area contributed by atoms with E-state index in [1.807, 2.05) is 50.2 Å². The van der Waals surface area contributed by atoms with Crippen molar-refractivity contribution in [2.24, 2.45) is 0 Å². The third-order valence-electron chi connectivity index (χ3n) is 2.72. The number of aliphatic hydroxyl groups excluding tert-OH is 1. The van der Waals surface area contributed by atoms with Crippen LogP contribution in [0.25, 0.3) is 0 Å². The zero-order valence-corrected chi connectivity index (χ0v) is 11.5. The number of aliphatic hydroxyl groups is 1. The molecule has 1 nitrogen and oxygen atoms in total. The highest BCUT2D eigenvalue weighted by Crippen LogP contribution is 2.25. The van der Waals surface area contributed by atoms with Gasteiger partial charge >= 0.3 is 0 Å². The zero-order valence-electron chi connectivity index (χ0n) is 9.94. The average Bonchev–Trinajstić information content (AvgIpc) is 2.26. The highest BCUT2D eigenvalue weighted by molar-refractivity contribution is 9.10. The fourth-order valence-electron chi connectivity index (χ4n) is 2.04. The first kappa shape index (κ1) is 12.3. The minimum atomic E-state index is -0.564. The van der Waals surface area contributed by atoms with Crippen molar-refractivity contribution >= 4 is 15.9 Å². The van der Waals surface area contributed by atoms with Crippen molar-refractivity contribution in [3.8, 4) is 0 Å². The van der Waals surface area contributed by atoms with Crippen LogP contribution in [0, 0.1) is 13.8 Å². The largest absolute Gasteiger partial charge is 0.384 e. The third-order valence-corrected chi connectivity index (χ3v) is 3.22. The molecule has 2 aromatic rings. The molecule has 0 fully saturated rings. The summed E-state index contributed by atoms with van der Waals surface area (Å²) >= 11 is 3.42. The van der Waals surface area contributed by atoms with E-state index in [9.17, 15) is 5.11 Å². The second kappa shape index (κ2) is 5.03. The Bertz CT molecular complexity index is 514. The van der Waals surface area contributed by atoms with Gasteiger partial charge in [-0.1, -0.05) is 57.4 Å². The minimum Gasteiger partial charge on any atom is -0.384 e. The van der Waals surface area contributed by atoms with E-state index in [1.165, 1.54) is 11.1 Å². The predicted molar refractivity (Wildman–Crippen MR) is 74.1 cm³/mol. The Kier molecular flexibility index (Phi) is 3.65. The molecular formula is C15H15BrO. The molecule has 2 heteroatoms. The van der Waals surface area contributed by atoms with Gasteiger partial charge in [-0.15, -0.1) is 0 Å². The Morgan fingerprint density at radius 1 is 0.941 bits per heavy atom. The molecule has 1 N–H and O–H groups in total. The maximum atomic E-state index is 10.3. The van der Waals surface area contributed by atoms with Crippen molar-refractivity contribution in [1.29, 1.82) is 0 Å². The van der Waals surface area contributed by atoms with Gasteiger partial charge in [0.1, 0.15) is 6.10 Å². The highest BCUT2D eigenvalue weighted by atomic mass is 79.9. The molecule has 1 unspecified atom stereocenters. The average molecular weight is 291 g/mol. The van der Waals surface area contributed by atoms with Gasteiger partial charge in [0.25, 0.3) is 0 Å². The van der Waals surface area contributed by atoms with E-state index in [2.05, 4.69) is 22.0 Å². The van der Waals surface area contributed by atoms with E-state index < -0.39 is 6.10 Å². The van der Waals surface area contributed by atoms with Crippen molar-refractivity contribution in [2.75, 3.05) is 0 Å². The Morgan fingerprint density at radius 3 is 2.18 bits per heavy atom. The molecule has 0 amide bonds. The van der Waals surface area contributed by atoms with E-state index in [0.717, 1.165) is 15.6 Å². The van der Waals surface area contributed by atoms with Crippen LogP contribution in [-0.2, 0) is 0 Å². The molecule has 0 radical (unpaired) electrons. The smallest absolute Gasteiger partial charge is 0.104 e. The van der Waals surface area contributed by atoms with Crippen LogP contribution >= 0.6 is 15.9 Å². The highest BCUT2D eigenvalue weighted by Gasteiger charge is 2.11. The summed E-state index contributed by atoms with van der Waals surface area (Å²) in [6.45, 7) is 4.09. The lowest BCUT2D eigenvalue weighted by Gasteiger charge is -2.13. The van der Waals surface area contributed by atoms with Crippen molar-refractivity contribution in [3.63, 3.8) is 0 Å². The van der Waals surface area contributed by atoms with Gasteiger partial charge < -0.3 is 5.11 Å². The molecule has 17 heavy (non-hydrogen) atoms. The molecule has 0 saturated heterocycles. The van der Waals surface area contributed by atoms with Crippen LogP contribution in [0.4, 0.5) is 0 Å². The van der Waals surface area contributed by atoms with Gasteiger partial charge in [-0.05, 0) is 37.1 Å². The molecule has 0 spiro atoms. The summed E-state index contributed by atoms with van der Waals surface area (Å²) in [4.78, 5) is 0. The molecule has 0 aromatic heterocycles. The van der Waals surface area contributed by atoms with Crippen LogP contribution in [0.3, 0.4) is 0 Å². The van der Waals surface area contributed by atoms with Gasteiger partial charge in [0.2, 0.25) is 0 Å². The summed E-state index contributed by atoms with van der Waals surface area (Å²) in [5, 5.41) is 10.3. The van der Waals surface area contributed by atoms with Crippen molar-refractivity contribution in [1.82, 2.24) is 0 Å². The quantitative estimate of drug-likeness (QED) is 0.881. The van der Waals surface area contributed by atoms with Crippen molar-refractivity contribution < 1.29 is 5.11 Å². The number of rotatable bonds is 2. The van der Waals surface area contributed by atoms with Gasteiger partial charge in [0.05, 0.1) is 0 Å². The van der Waals surface area contributed by atoms with Crippen LogP contribution in [0.1, 0.15) is 28.4 Å². The summed E-state index contributed by atoms with van der Waals surface area (Å²) < 4.78 is 0.985. The number of aryl methyl sites for hydroxylation is 2. The van der Waals surface area contributed by atoms with E-state index in [1.54, 1.807) is 0 Å². The normalized spacial score (nSPS) is 12.5. The van der Waals surface area contributed by atoms with Gasteiger partial charge in [-0.25, -0.2) is 0 Å². The molecule has 0 saturated carbocycles. The minimum absolute atomic E-state index is 0.564. The summed E-state index contributed by atoms with van der Waals surface area (Å²) in [6, 6.07) is 13.9. The van der Waals surface area contributed by atoms with Crippen LogP contribution in [0.15, 0.2) is 46.9 Å². The Balaban J connectivity index is 2.39.